The van der Waals surface area contributed by atoms with E-state index in [1.165, 1.54) is 16.7 Å². The van der Waals surface area contributed by atoms with E-state index >= 15 is 0 Å². The van der Waals surface area contributed by atoms with Crippen LogP contribution in [0.1, 0.15) is 28.3 Å². The van der Waals surface area contributed by atoms with Crippen LogP contribution in [0.25, 0.3) is 0 Å². The Morgan fingerprint density at radius 2 is 1.56 bits per heavy atom. The molecule has 0 bridgehead atoms. The lowest BCUT2D eigenvalue weighted by atomic mass is 10.0. The van der Waals surface area contributed by atoms with Crippen molar-refractivity contribution in [1.29, 1.82) is 0 Å². The summed E-state index contributed by atoms with van der Waals surface area (Å²) in [6.07, 6.45) is 0. The Hall–Kier alpha value is -1.59. The number of halogens is 2. The van der Waals surface area contributed by atoms with Gasteiger partial charge in [-0.3, -0.25) is 9.69 Å². The molecule has 148 valence electrons. The molecule has 1 saturated heterocycles. The van der Waals surface area contributed by atoms with Crippen molar-refractivity contribution in [1.82, 2.24) is 9.80 Å². The van der Waals surface area contributed by atoms with Gasteiger partial charge in [-0.25, -0.2) is 0 Å². The van der Waals surface area contributed by atoms with Gasteiger partial charge in [0.1, 0.15) is 6.04 Å². The number of hydrogen-bond acceptors (Lipinski definition) is 3. The second-order valence-electron chi connectivity index (χ2n) is 6.92. The van der Waals surface area contributed by atoms with Gasteiger partial charge in [0.2, 0.25) is 5.91 Å². The molecule has 3 rings (SSSR count). The normalized spacial score (nSPS) is 15.4. The first-order valence-corrected chi connectivity index (χ1v) is 8.92. The van der Waals surface area contributed by atoms with Crippen LogP contribution in [-0.2, 0) is 11.3 Å². The third-order valence-electron chi connectivity index (χ3n) is 5.04. The topological polar surface area (TPSA) is 49.6 Å². The van der Waals surface area contributed by atoms with Crippen molar-refractivity contribution in [2.75, 3.05) is 26.2 Å². The van der Waals surface area contributed by atoms with Crippen LogP contribution in [-0.4, -0.2) is 41.9 Å². The number of nitrogens with two attached hydrogens (primary N) is 1. The summed E-state index contributed by atoms with van der Waals surface area (Å²) < 4.78 is 0. The van der Waals surface area contributed by atoms with Crippen molar-refractivity contribution in [3.05, 3.63) is 70.8 Å². The average Bonchev–Trinajstić information content (AvgIpc) is 2.64. The second-order valence-corrected chi connectivity index (χ2v) is 6.92. The molecule has 0 radical (unpaired) electrons. The minimum absolute atomic E-state index is 0. The van der Waals surface area contributed by atoms with Gasteiger partial charge in [0.15, 0.2) is 0 Å². The van der Waals surface area contributed by atoms with Crippen molar-refractivity contribution in [2.24, 2.45) is 5.73 Å². The van der Waals surface area contributed by atoms with Gasteiger partial charge >= 0.3 is 0 Å². The summed E-state index contributed by atoms with van der Waals surface area (Å²) in [5.74, 6) is 0.0272. The zero-order valence-corrected chi connectivity index (χ0v) is 17.6. The summed E-state index contributed by atoms with van der Waals surface area (Å²) in [6, 6.07) is 15.8. The number of piperazine rings is 1. The molecule has 2 aromatic carbocycles. The summed E-state index contributed by atoms with van der Waals surface area (Å²) in [7, 11) is 0. The first kappa shape index (κ1) is 23.4. The number of carbonyl (C=O) groups excluding carboxylic acids is 1. The minimum atomic E-state index is -0.566. The lowest BCUT2D eigenvalue weighted by molar-refractivity contribution is -0.134. The van der Waals surface area contributed by atoms with E-state index in [2.05, 4.69) is 36.1 Å². The lowest BCUT2D eigenvalue weighted by Crippen LogP contribution is -2.50. The standard InChI is InChI=1S/C21H27N3O.2ClH/c1-16-7-9-18(10-8-16)20(22)21(25)24-13-11-23(12-14-24)15-19-6-4-3-5-17(19)2;;/h3-10,20H,11-15,22H2,1-2H3;2*1H. The van der Waals surface area contributed by atoms with E-state index in [-0.39, 0.29) is 30.7 Å². The van der Waals surface area contributed by atoms with Gasteiger partial charge in [0.25, 0.3) is 0 Å². The number of nitrogens with zero attached hydrogens (tertiary/aromatic N) is 2. The highest BCUT2D eigenvalue weighted by atomic mass is 35.5. The van der Waals surface area contributed by atoms with Gasteiger partial charge in [0, 0.05) is 32.7 Å². The van der Waals surface area contributed by atoms with Crippen LogP contribution in [0.5, 0.6) is 0 Å². The van der Waals surface area contributed by atoms with E-state index in [9.17, 15) is 4.79 Å². The van der Waals surface area contributed by atoms with E-state index < -0.39 is 6.04 Å². The fraction of sp³-hybridized carbons (Fsp3) is 0.381. The maximum Gasteiger partial charge on any atom is 0.244 e. The Kier molecular flexibility index (Phi) is 9.27. The Morgan fingerprint density at radius 3 is 2.15 bits per heavy atom. The Balaban J connectivity index is 0.00000182. The Morgan fingerprint density at radius 1 is 0.963 bits per heavy atom. The molecule has 1 aliphatic rings. The maximum atomic E-state index is 12.7. The molecule has 27 heavy (non-hydrogen) atoms. The van der Waals surface area contributed by atoms with Crippen LogP contribution < -0.4 is 5.73 Å². The second kappa shape index (κ2) is 10.7. The highest BCUT2D eigenvalue weighted by Crippen LogP contribution is 2.17. The summed E-state index contributed by atoms with van der Waals surface area (Å²) in [5, 5.41) is 0. The van der Waals surface area contributed by atoms with Crippen molar-refractivity contribution >= 4 is 30.7 Å². The Labute approximate surface area is 174 Å². The van der Waals surface area contributed by atoms with Crippen LogP contribution >= 0.6 is 24.8 Å². The molecule has 1 aliphatic heterocycles. The van der Waals surface area contributed by atoms with E-state index in [0.717, 1.165) is 38.3 Å². The summed E-state index contributed by atoms with van der Waals surface area (Å²) in [5.41, 5.74) is 10.9. The predicted molar refractivity (Wildman–Crippen MR) is 116 cm³/mol. The van der Waals surface area contributed by atoms with Gasteiger partial charge in [-0.15, -0.1) is 24.8 Å². The molecule has 0 saturated carbocycles. The van der Waals surface area contributed by atoms with Gasteiger partial charge in [-0.05, 0) is 30.5 Å². The van der Waals surface area contributed by atoms with E-state index in [1.54, 1.807) is 0 Å². The summed E-state index contributed by atoms with van der Waals surface area (Å²) in [4.78, 5) is 17.0. The first-order valence-electron chi connectivity index (χ1n) is 8.92. The van der Waals surface area contributed by atoms with Crippen LogP contribution in [0.3, 0.4) is 0 Å². The molecule has 0 spiro atoms. The molecule has 1 atom stereocenters. The van der Waals surface area contributed by atoms with Crippen molar-refractivity contribution in [3.8, 4) is 0 Å². The summed E-state index contributed by atoms with van der Waals surface area (Å²) in [6.45, 7) is 8.38. The highest BCUT2D eigenvalue weighted by Gasteiger charge is 2.26. The number of benzene rings is 2. The molecular formula is C21H29Cl2N3O. The monoisotopic (exact) mass is 409 g/mol. The number of rotatable bonds is 4. The third-order valence-corrected chi connectivity index (χ3v) is 5.04. The Bertz CT molecular complexity index is 728. The first-order chi connectivity index (χ1) is 12.0. The minimum Gasteiger partial charge on any atom is -0.338 e. The number of carbonyl (C=O) groups is 1. The fourth-order valence-corrected chi connectivity index (χ4v) is 3.27. The van der Waals surface area contributed by atoms with Crippen LogP contribution in [0.15, 0.2) is 48.5 Å². The fourth-order valence-electron chi connectivity index (χ4n) is 3.27. The molecule has 1 heterocycles. The van der Waals surface area contributed by atoms with Crippen molar-refractivity contribution < 1.29 is 4.79 Å². The maximum absolute atomic E-state index is 12.7. The van der Waals surface area contributed by atoms with Gasteiger partial charge in [-0.2, -0.15) is 0 Å². The molecule has 6 heteroatoms. The molecule has 2 N–H and O–H groups in total. The quantitative estimate of drug-likeness (QED) is 0.840. The molecule has 2 aromatic rings. The number of aryl methyl sites for hydroxylation is 2. The summed E-state index contributed by atoms with van der Waals surface area (Å²) >= 11 is 0. The van der Waals surface area contributed by atoms with Crippen LogP contribution in [0.4, 0.5) is 0 Å². The van der Waals surface area contributed by atoms with Gasteiger partial charge < -0.3 is 10.6 Å². The average molecular weight is 410 g/mol. The van der Waals surface area contributed by atoms with Crippen molar-refractivity contribution in [2.45, 2.75) is 26.4 Å². The molecule has 1 fully saturated rings. The largest absolute Gasteiger partial charge is 0.338 e. The molecule has 1 unspecified atom stereocenters. The van der Waals surface area contributed by atoms with Crippen LogP contribution in [0, 0.1) is 13.8 Å². The van der Waals surface area contributed by atoms with E-state index in [4.69, 9.17) is 5.73 Å². The lowest BCUT2D eigenvalue weighted by Gasteiger charge is -2.36. The highest BCUT2D eigenvalue weighted by molar-refractivity contribution is 5.85. The molecule has 0 aromatic heterocycles. The zero-order chi connectivity index (χ0) is 17.8. The van der Waals surface area contributed by atoms with Gasteiger partial charge in [-0.1, -0.05) is 54.1 Å². The molecule has 4 nitrogen and oxygen atoms in total. The predicted octanol–water partition coefficient (Wildman–Crippen LogP) is 3.49. The third kappa shape index (κ3) is 5.94. The van der Waals surface area contributed by atoms with E-state index in [0.29, 0.717) is 0 Å². The molecular weight excluding hydrogens is 381 g/mol. The van der Waals surface area contributed by atoms with E-state index in [1.807, 2.05) is 36.1 Å². The smallest absolute Gasteiger partial charge is 0.244 e. The van der Waals surface area contributed by atoms with Crippen molar-refractivity contribution in [3.63, 3.8) is 0 Å². The molecule has 1 amide bonds. The van der Waals surface area contributed by atoms with Gasteiger partial charge in [0.05, 0.1) is 0 Å². The number of hydrogen-bond donors (Lipinski definition) is 1. The van der Waals surface area contributed by atoms with Crippen LogP contribution in [0.2, 0.25) is 0 Å². The SMILES string of the molecule is Cc1ccc(C(N)C(=O)N2CCN(Cc3ccccc3C)CC2)cc1.Cl.Cl. The molecule has 0 aliphatic carbocycles. The zero-order valence-electron chi connectivity index (χ0n) is 15.9. The number of amides is 1.